The van der Waals surface area contributed by atoms with Gasteiger partial charge < -0.3 is 9.30 Å². The highest BCUT2D eigenvalue weighted by atomic mass is 32.2. The molecule has 182 valence electrons. The fourth-order valence-electron chi connectivity index (χ4n) is 3.41. The highest BCUT2D eigenvalue weighted by Crippen LogP contribution is 2.21. The summed E-state index contributed by atoms with van der Waals surface area (Å²) in [5.41, 5.74) is 1.60. The van der Waals surface area contributed by atoms with E-state index < -0.39 is 21.9 Å². The van der Waals surface area contributed by atoms with E-state index in [1.165, 1.54) is 39.9 Å². The summed E-state index contributed by atoms with van der Waals surface area (Å²) < 4.78 is 34.5. The second-order valence-corrected chi connectivity index (χ2v) is 10.7. The van der Waals surface area contributed by atoms with Crippen molar-refractivity contribution in [2.75, 3.05) is 20.2 Å². The van der Waals surface area contributed by atoms with Crippen LogP contribution in [0.5, 0.6) is 0 Å². The Kier molecular flexibility index (Phi) is 8.40. The second-order valence-electron chi connectivity index (χ2n) is 7.65. The number of hydrogen-bond acceptors (Lipinski definition) is 6. The van der Waals surface area contributed by atoms with Crippen LogP contribution in [0.15, 0.2) is 52.4 Å². The molecule has 3 aromatic rings. The third-order valence-corrected chi connectivity index (χ3v) is 8.26. The summed E-state index contributed by atoms with van der Waals surface area (Å²) in [5, 5.41) is 0. The number of unbranched alkanes of at least 4 members (excludes halogenated alkanes) is 1. The van der Waals surface area contributed by atoms with E-state index in [0.29, 0.717) is 35.6 Å². The standard InChI is InChI=1S/C24H29N3O5S2/c1-5-8-15-26(4)34(30,31)19-12-9-17(10-13-19)22(28)25-24-27(6-2)20-14-11-18(16-21(20)33-24)23(29)32-7-3/h9-14,16H,5-8,15H2,1-4H3. The molecule has 0 atom stereocenters. The molecule has 8 nitrogen and oxygen atoms in total. The topological polar surface area (TPSA) is 98.0 Å². The number of aromatic nitrogens is 1. The summed E-state index contributed by atoms with van der Waals surface area (Å²) in [4.78, 5) is 29.8. The number of aryl methyl sites for hydroxylation is 1. The molecule has 10 heteroatoms. The van der Waals surface area contributed by atoms with E-state index in [2.05, 4.69) is 4.99 Å². The molecule has 0 aliphatic rings. The van der Waals surface area contributed by atoms with Gasteiger partial charge in [-0.05, 0) is 62.7 Å². The molecule has 0 radical (unpaired) electrons. The van der Waals surface area contributed by atoms with Crippen molar-refractivity contribution >= 4 is 43.5 Å². The first-order valence-corrected chi connectivity index (χ1v) is 13.4. The van der Waals surface area contributed by atoms with Crippen LogP contribution in [0.2, 0.25) is 0 Å². The Labute approximate surface area is 203 Å². The van der Waals surface area contributed by atoms with E-state index in [0.717, 1.165) is 23.1 Å². The zero-order valence-corrected chi connectivity index (χ0v) is 21.4. The van der Waals surface area contributed by atoms with Gasteiger partial charge in [0.05, 0.1) is 27.3 Å². The van der Waals surface area contributed by atoms with Crippen LogP contribution in [0.1, 0.15) is 54.3 Å². The summed E-state index contributed by atoms with van der Waals surface area (Å²) in [5.74, 6) is -0.867. The summed E-state index contributed by atoms with van der Waals surface area (Å²) in [6.45, 7) is 7.02. The molecule has 0 aliphatic heterocycles. The predicted octanol–water partition coefficient (Wildman–Crippen LogP) is 4.06. The number of ether oxygens (including phenoxy) is 1. The molecule has 1 amide bonds. The van der Waals surface area contributed by atoms with Crippen molar-refractivity contribution < 1.29 is 22.7 Å². The number of sulfonamides is 1. The van der Waals surface area contributed by atoms with Crippen molar-refractivity contribution in [3.8, 4) is 0 Å². The Hall–Kier alpha value is -2.82. The Morgan fingerprint density at radius 2 is 1.74 bits per heavy atom. The number of nitrogens with zero attached hydrogens (tertiary/aromatic N) is 3. The van der Waals surface area contributed by atoms with Gasteiger partial charge in [-0.2, -0.15) is 4.99 Å². The van der Waals surface area contributed by atoms with E-state index in [4.69, 9.17) is 4.74 Å². The van der Waals surface area contributed by atoms with Crippen molar-refractivity contribution in [3.05, 3.63) is 58.4 Å². The van der Waals surface area contributed by atoms with Crippen LogP contribution in [-0.4, -0.2) is 49.4 Å². The average molecular weight is 504 g/mol. The minimum atomic E-state index is -3.60. The number of esters is 1. The molecule has 0 spiro atoms. The van der Waals surface area contributed by atoms with Gasteiger partial charge in [0.2, 0.25) is 10.0 Å². The normalized spacial score (nSPS) is 12.4. The maximum atomic E-state index is 12.8. The fraction of sp³-hybridized carbons (Fsp3) is 0.375. The van der Waals surface area contributed by atoms with Crippen molar-refractivity contribution in [3.63, 3.8) is 0 Å². The van der Waals surface area contributed by atoms with Gasteiger partial charge in [0.15, 0.2) is 4.80 Å². The molecule has 3 rings (SSSR count). The summed E-state index contributed by atoms with van der Waals surface area (Å²) in [6.07, 6.45) is 1.67. The van der Waals surface area contributed by atoms with Gasteiger partial charge in [-0.1, -0.05) is 24.7 Å². The van der Waals surface area contributed by atoms with Crippen molar-refractivity contribution in [1.29, 1.82) is 0 Å². The summed E-state index contributed by atoms with van der Waals surface area (Å²) >= 11 is 1.31. The summed E-state index contributed by atoms with van der Waals surface area (Å²) in [7, 11) is -2.05. The lowest BCUT2D eigenvalue weighted by molar-refractivity contribution is 0.0526. The van der Waals surface area contributed by atoms with Gasteiger partial charge in [0.25, 0.3) is 5.91 Å². The molecule has 0 aliphatic carbocycles. The minimum absolute atomic E-state index is 0.139. The van der Waals surface area contributed by atoms with Crippen LogP contribution in [0.25, 0.3) is 10.2 Å². The molecular weight excluding hydrogens is 474 g/mol. The van der Waals surface area contributed by atoms with Crippen LogP contribution in [0, 0.1) is 0 Å². The fourth-order valence-corrected chi connectivity index (χ4v) is 5.75. The number of fused-ring (bicyclic) bond motifs is 1. The van der Waals surface area contributed by atoms with Crippen molar-refractivity contribution in [2.45, 2.75) is 45.1 Å². The smallest absolute Gasteiger partial charge is 0.338 e. The predicted molar refractivity (Wildman–Crippen MR) is 133 cm³/mol. The van der Waals surface area contributed by atoms with Gasteiger partial charge >= 0.3 is 5.97 Å². The largest absolute Gasteiger partial charge is 0.462 e. The van der Waals surface area contributed by atoms with Crippen molar-refractivity contribution in [1.82, 2.24) is 8.87 Å². The van der Waals surface area contributed by atoms with Crippen molar-refractivity contribution in [2.24, 2.45) is 4.99 Å². The highest BCUT2D eigenvalue weighted by Gasteiger charge is 2.20. The Morgan fingerprint density at radius 3 is 2.35 bits per heavy atom. The number of rotatable bonds is 9. The van der Waals surface area contributed by atoms with Crippen LogP contribution in [0.3, 0.4) is 0 Å². The molecular formula is C24H29N3O5S2. The molecule has 0 fully saturated rings. The first-order valence-electron chi connectivity index (χ1n) is 11.2. The quantitative estimate of drug-likeness (QED) is 0.410. The van der Waals surface area contributed by atoms with E-state index >= 15 is 0 Å². The molecule has 34 heavy (non-hydrogen) atoms. The zero-order chi connectivity index (χ0) is 24.9. The van der Waals surface area contributed by atoms with Crippen LogP contribution in [0.4, 0.5) is 0 Å². The van der Waals surface area contributed by atoms with Gasteiger partial charge in [-0.3, -0.25) is 4.79 Å². The number of amides is 1. The lowest BCUT2D eigenvalue weighted by Crippen LogP contribution is -2.27. The first kappa shape index (κ1) is 25.8. The number of hydrogen-bond donors (Lipinski definition) is 0. The maximum absolute atomic E-state index is 12.8. The Bertz CT molecular complexity index is 1360. The summed E-state index contributed by atoms with van der Waals surface area (Å²) in [6, 6.07) is 11.1. The third kappa shape index (κ3) is 5.45. The van der Waals surface area contributed by atoms with E-state index in [-0.39, 0.29) is 4.90 Å². The SMILES string of the molecule is CCCCN(C)S(=O)(=O)c1ccc(C(=O)N=c2sc3cc(C(=O)OCC)ccc3n2CC)cc1. The van der Waals surface area contributed by atoms with E-state index in [1.807, 2.05) is 24.5 Å². The third-order valence-electron chi connectivity index (χ3n) is 5.34. The van der Waals surface area contributed by atoms with Crippen LogP contribution >= 0.6 is 11.3 Å². The molecule has 0 unspecified atom stereocenters. The lowest BCUT2D eigenvalue weighted by Gasteiger charge is -2.16. The zero-order valence-electron chi connectivity index (χ0n) is 19.8. The molecule has 0 N–H and O–H groups in total. The Balaban J connectivity index is 1.91. The molecule has 0 bridgehead atoms. The number of thiazole rings is 1. The minimum Gasteiger partial charge on any atom is -0.462 e. The highest BCUT2D eigenvalue weighted by molar-refractivity contribution is 7.89. The molecule has 2 aromatic carbocycles. The molecule has 1 aromatic heterocycles. The van der Waals surface area contributed by atoms with Gasteiger partial charge in [-0.25, -0.2) is 17.5 Å². The van der Waals surface area contributed by atoms with E-state index in [1.54, 1.807) is 26.1 Å². The molecule has 0 saturated heterocycles. The maximum Gasteiger partial charge on any atom is 0.338 e. The van der Waals surface area contributed by atoms with Crippen LogP contribution < -0.4 is 4.80 Å². The first-order chi connectivity index (χ1) is 16.2. The van der Waals surface area contributed by atoms with Gasteiger partial charge in [0, 0.05) is 25.7 Å². The lowest BCUT2D eigenvalue weighted by atomic mass is 10.2. The average Bonchev–Trinajstić information content (AvgIpc) is 3.18. The van der Waals surface area contributed by atoms with Crippen LogP contribution in [-0.2, 0) is 21.3 Å². The number of carbonyl (C=O) groups excluding carboxylic acids is 2. The number of benzene rings is 2. The van der Waals surface area contributed by atoms with Gasteiger partial charge in [-0.15, -0.1) is 0 Å². The molecule has 1 heterocycles. The Morgan fingerprint density at radius 1 is 1.06 bits per heavy atom. The second kappa shape index (κ2) is 11.1. The van der Waals surface area contributed by atoms with E-state index in [9.17, 15) is 18.0 Å². The monoisotopic (exact) mass is 503 g/mol. The molecule has 0 saturated carbocycles. The number of carbonyl (C=O) groups is 2. The van der Waals surface area contributed by atoms with Gasteiger partial charge in [0.1, 0.15) is 0 Å².